The van der Waals surface area contributed by atoms with Gasteiger partial charge in [0.05, 0.1) is 23.3 Å². The molecule has 0 aromatic heterocycles. The van der Waals surface area contributed by atoms with Gasteiger partial charge >= 0.3 is 12.1 Å². The molecule has 1 saturated carbocycles. The van der Waals surface area contributed by atoms with Crippen LogP contribution in [0, 0.1) is 6.92 Å². The summed E-state index contributed by atoms with van der Waals surface area (Å²) in [5.41, 5.74) is 0.333. The summed E-state index contributed by atoms with van der Waals surface area (Å²) in [6, 6.07) is 11.8. The largest absolute Gasteiger partial charge is 0.465 e. The minimum Gasteiger partial charge on any atom is -0.465 e. The van der Waals surface area contributed by atoms with Gasteiger partial charge in [-0.3, -0.25) is 19.7 Å². The first-order valence-electron chi connectivity index (χ1n) is 11.7. The molecule has 186 valence electrons. The molecule has 0 bridgehead atoms. The minimum absolute atomic E-state index is 0.0324. The second-order valence-electron chi connectivity index (χ2n) is 9.64. The number of ether oxygens (including phenoxy) is 2. The zero-order valence-corrected chi connectivity index (χ0v) is 20.8. The van der Waals surface area contributed by atoms with E-state index in [0.717, 1.165) is 12.0 Å². The summed E-state index contributed by atoms with van der Waals surface area (Å²) in [4.78, 5) is 51.4. The Morgan fingerprint density at radius 3 is 2.23 bits per heavy atom. The molecule has 0 heterocycles. The molecule has 2 aromatic rings. The average Bonchev–Trinajstić information content (AvgIpc) is 2.73. The summed E-state index contributed by atoms with van der Waals surface area (Å²) in [5, 5.41) is 5.20. The van der Waals surface area contributed by atoms with E-state index in [1.165, 1.54) is 12.1 Å². The number of hydrogen-bond donors (Lipinski definition) is 2. The van der Waals surface area contributed by atoms with E-state index in [4.69, 9.17) is 9.47 Å². The number of carbonyl (C=O) groups excluding carboxylic acids is 4. The maximum Gasteiger partial charge on any atom is 0.412 e. The van der Waals surface area contributed by atoms with Crippen molar-refractivity contribution in [2.45, 2.75) is 64.9 Å². The number of aryl methyl sites for hydroxylation is 1. The zero-order valence-electron chi connectivity index (χ0n) is 20.8. The number of carbonyl (C=O) groups is 4. The van der Waals surface area contributed by atoms with Crippen LogP contribution in [0.3, 0.4) is 0 Å². The number of rotatable bonds is 7. The lowest BCUT2D eigenvalue weighted by molar-refractivity contribution is -0.153. The Morgan fingerprint density at radius 2 is 1.66 bits per heavy atom. The lowest BCUT2D eigenvalue weighted by atomic mass is 9.64. The van der Waals surface area contributed by atoms with E-state index in [0.29, 0.717) is 24.1 Å². The molecular weight excluding hydrogens is 448 g/mol. The zero-order chi connectivity index (χ0) is 25.8. The number of anilines is 2. The molecule has 0 spiro atoms. The highest BCUT2D eigenvalue weighted by Crippen LogP contribution is 2.45. The van der Waals surface area contributed by atoms with E-state index < -0.39 is 28.8 Å². The van der Waals surface area contributed by atoms with Gasteiger partial charge in [0, 0.05) is 5.69 Å². The van der Waals surface area contributed by atoms with Crippen molar-refractivity contribution in [1.29, 1.82) is 0 Å². The summed E-state index contributed by atoms with van der Waals surface area (Å²) in [5.74, 6) is -2.07. The summed E-state index contributed by atoms with van der Waals surface area (Å²) in [6.45, 7) is 8.95. The van der Waals surface area contributed by atoms with Gasteiger partial charge in [-0.2, -0.15) is 0 Å². The molecule has 0 unspecified atom stereocenters. The van der Waals surface area contributed by atoms with Gasteiger partial charge in [-0.1, -0.05) is 30.7 Å². The predicted octanol–water partition coefficient (Wildman–Crippen LogP) is 5.15. The Balaban J connectivity index is 1.99. The molecule has 8 nitrogen and oxygen atoms in total. The van der Waals surface area contributed by atoms with Crippen molar-refractivity contribution >= 4 is 35.1 Å². The van der Waals surface area contributed by atoms with E-state index >= 15 is 0 Å². The van der Waals surface area contributed by atoms with Gasteiger partial charge in [0.15, 0.2) is 0 Å². The van der Waals surface area contributed by atoms with Gasteiger partial charge < -0.3 is 14.8 Å². The monoisotopic (exact) mass is 480 g/mol. The third-order valence-electron chi connectivity index (χ3n) is 5.93. The number of ketones is 1. The molecule has 0 saturated heterocycles. The molecule has 1 aliphatic carbocycles. The van der Waals surface area contributed by atoms with E-state index in [9.17, 15) is 19.2 Å². The summed E-state index contributed by atoms with van der Waals surface area (Å²) >= 11 is 0. The molecule has 1 fully saturated rings. The van der Waals surface area contributed by atoms with Crippen molar-refractivity contribution in [2.24, 2.45) is 0 Å². The molecule has 2 aromatic carbocycles. The third-order valence-corrected chi connectivity index (χ3v) is 5.93. The number of esters is 1. The van der Waals surface area contributed by atoms with Crippen LogP contribution in [0.5, 0.6) is 0 Å². The van der Waals surface area contributed by atoms with Crippen LogP contribution in [-0.4, -0.2) is 36.0 Å². The van der Waals surface area contributed by atoms with Crippen molar-refractivity contribution in [3.8, 4) is 0 Å². The topological polar surface area (TPSA) is 111 Å². The number of para-hydroxylation sites is 1. The van der Waals surface area contributed by atoms with Gasteiger partial charge in [-0.15, -0.1) is 0 Å². The smallest absolute Gasteiger partial charge is 0.412 e. The summed E-state index contributed by atoms with van der Waals surface area (Å²) in [7, 11) is 0. The van der Waals surface area contributed by atoms with Crippen molar-refractivity contribution in [3.05, 3.63) is 59.2 Å². The standard InChI is InChI=1S/C27H32N2O6/c1-6-34-24(32)27(14-9-15-27)18-12-13-21(29-25(33)35-26(3,4)5)19(16-18)22(30)23(31)28-20-11-8-7-10-17(20)2/h7-8,10-13,16H,6,9,14-15H2,1-5H3,(H,28,31)(H,29,33). The number of Topliss-reactive ketones (excluding diaryl/α,β-unsaturated/α-hetero) is 1. The van der Waals surface area contributed by atoms with E-state index in [1.54, 1.807) is 45.9 Å². The number of benzene rings is 2. The highest BCUT2D eigenvalue weighted by molar-refractivity contribution is 6.47. The van der Waals surface area contributed by atoms with Crippen LogP contribution in [0.1, 0.15) is 68.4 Å². The normalized spacial score (nSPS) is 14.3. The first kappa shape index (κ1) is 25.9. The Morgan fingerprint density at radius 1 is 0.971 bits per heavy atom. The van der Waals surface area contributed by atoms with Crippen LogP contribution in [0.2, 0.25) is 0 Å². The molecule has 8 heteroatoms. The van der Waals surface area contributed by atoms with Gasteiger partial charge in [-0.05, 0) is 76.8 Å². The molecular formula is C27H32N2O6. The van der Waals surface area contributed by atoms with Gasteiger partial charge in [-0.25, -0.2) is 4.79 Å². The highest BCUT2D eigenvalue weighted by atomic mass is 16.6. The molecule has 0 aliphatic heterocycles. The van der Waals surface area contributed by atoms with Crippen molar-refractivity contribution in [1.82, 2.24) is 0 Å². The van der Waals surface area contributed by atoms with Crippen LogP contribution in [0.15, 0.2) is 42.5 Å². The SMILES string of the molecule is CCOC(=O)C1(c2ccc(NC(=O)OC(C)(C)C)c(C(=O)C(=O)Nc3ccccc3C)c2)CCC1. The van der Waals surface area contributed by atoms with Crippen molar-refractivity contribution in [2.75, 3.05) is 17.2 Å². The van der Waals surface area contributed by atoms with Crippen molar-refractivity contribution in [3.63, 3.8) is 0 Å². The Labute approximate surface area is 205 Å². The molecule has 0 radical (unpaired) electrons. The highest BCUT2D eigenvalue weighted by Gasteiger charge is 2.47. The van der Waals surface area contributed by atoms with E-state index in [-0.39, 0.29) is 23.8 Å². The van der Waals surface area contributed by atoms with Crippen LogP contribution >= 0.6 is 0 Å². The first-order valence-corrected chi connectivity index (χ1v) is 11.7. The first-order chi connectivity index (χ1) is 16.5. The summed E-state index contributed by atoms with van der Waals surface area (Å²) < 4.78 is 10.6. The molecule has 0 atom stereocenters. The van der Waals surface area contributed by atoms with Gasteiger partial charge in [0.1, 0.15) is 5.60 Å². The molecule has 2 amide bonds. The molecule has 1 aliphatic rings. The molecule has 3 rings (SSSR count). The van der Waals surface area contributed by atoms with Gasteiger partial charge in [0.25, 0.3) is 11.7 Å². The maximum atomic E-state index is 13.3. The number of hydrogen-bond acceptors (Lipinski definition) is 6. The van der Waals surface area contributed by atoms with Crippen LogP contribution in [0.4, 0.5) is 16.2 Å². The number of nitrogens with one attached hydrogen (secondary N) is 2. The quantitative estimate of drug-likeness (QED) is 0.322. The summed E-state index contributed by atoms with van der Waals surface area (Å²) in [6.07, 6.45) is 1.23. The van der Waals surface area contributed by atoms with E-state index in [2.05, 4.69) is 10.6 Å². The van der Waals surface area contributed by atoms with E-state index in [1.807, 2.05) is 19.1 Å². The fourth-order valence-electron chi connectivity index (χ4n) is 3.98. The van der Waals surface area contributed by atoms with Crippen molar-refractivity contribution < 1.29 is 28.7 Å². The second-order valence-corrected chi connectivity index (χ2v) is 9.64. The second kappa shape index (κ2) is 10.3. The van der Waals surface area contributed by atoms with Crippen LogP contribution < -0.4 is 10.6 Å². The van der Waals surface area contributed by atoms with Crippen LogP contribution in [-0.2, 0) is 24.5 Å². The number of amides is 2. The Bertz CT molecular complexity index is 1140. The lowest BCUT2D eigenvalue weighted by Crippen LogP contribution is -2.44. The minimum atomic E-state index is -0.873. The Kier molecular flexibility index (Phi) is 7.63. The average molecular weight is 481 g/mol. The predicted molar refractivity (Wildman–Crippen MR) is 133 cm³/mol. The molecule has 35 heavy (non-hydrogen) atoms. The lowest BCUT2D eigenvalue weighted by Gasteiger charge is -2.39. The molecule has 2 N–H and O–H groups in total. The maximum absolute atomic E-state index is 13.3. The fraction of sp³-hybridized carbons (Fsp3) is 0.407. The third kappa shape index (κ3) is 5.88. The van der Waals surface area contributed by atoms with Gasteiger partial charge in [0.2, 0.25) is 0 Å². The fourth-order valence-corrected chi connectivity index (χ4v) is 3.98. The Hall–Kier alpha value is -3.68. The van der Waals surface area contributed by atoms with Crippen LogP contribution in [0.25, 0.3) is 0 Å².